The Labute approximate surface area is 206 Å². The third kappa shape index (κ3) is 4.37. The minimum atomic E-state index is 0.0904. The summed E-state index contributed by atoms with van der Waals surface area (Å²) in [6.45, 7) is 11.7. The van der Waals surface area contributed by atoms with Crippen LogP contribution < -0.4 is 9.64 Å². The molecular weight excluding hydrogens is 438 g/mol. The molecule has 4 aromatic rings. The lowest BCUT2D eigenvalue weighted by Crippen LogP contribution is -2.15. The van der Waals surface area contributed by atoms with Gasteiger partial charge >= 0.3 is 0 Å². The molecule has 0 aliphatic carbocycles. The molecule has 0 saturated heterocycles. The Bertz CT molecular complexity index is 1370. The van der Waals surface area contributed by atoms with Gasteiger partial charge in [-0.1, -0.05) is 24.3 Å². The molecule has 0 aromatic heterocycles. The van der Waals surface area contributed by atoms with Gasteiger partial charge in [-0.15, -0.1) is 0 Å². The third-order valence-corrected chi connectivity index (χ3v) is 6.74. The van der Waals surface area contributed by atoms with Crippen LogP contribution in [0.15, 0.2) is 60.7 Å². The van der Waals surface area contributed by atoms with Gasteiger partial charge in [-0.05, 0) is 105 Å². The lowest BCUT2D eigenvalue weighted by Gasteiger charge is -2.32. The van der Waals surface area contributed by atoms with Crippen LogP contribution in [0.1, 0.15) is 33.4 Å². The Hall–Kier alpha value is -4.12. The molecule has 35 heavy (non-hydrogen) atoms. The van der Waals surface area contributed by atoms with Crippen molar-refractivity contribution in [3.05, 3.63) is 94.0 Å². The standard InChI is InChI=1S/C30H31NO4/c1-17-11-13-25(33)29(21(17)5)31(30-22(6)18(2)12-14-26(30)34)24-9-7-8-10-27(24)35-28-16-23(32)15-19(3)20(28)4/h7-16,32-34H,1-6H3. The molecule has 0 saturated carbocycles. The van der Waals surface area contributed by atoms with Crippen LogP contribution >= 0.6 is 0 Å². The van der Waals surface area contributed by atoms with E-state index in [0.29, 0.717) is 28.6 Å². The van der Waals surface area contributed by atoms with Crippen LogP contribution in [0.2, 0.25) is 0 Å². The molecule has 0 aliphatic rings. The van der Waals surface area contributed by atoms with Gasteiger partial charge in [0.25, 0.3) is 0 Å². The highest BCUT2D eigenvalue weighted by Gasteiger charge is 2.27. The zero-order chi connectivity index (χ0) is 25.4. The van der Waals surface area contributed by atoms with Crippen LogP contribution in [0.5, 0.6) is 28.7 Å². The molecule has 5 nitrogen and oxygen atoms in total. The molecule has 0 spiro atoms. The number of phenols is 3. The Kier molecular flexibility index (Phi) is 6.35. The van der Waals surface area contributed by atoms with E-state index in [9.17, 15) is 15.3 Å². The topological polar surface area (TPSA) is 73.2 Å². The first kappa shape index (κ1) is 24.0. The highest BCUT2D eigenvalue weighted by Crippen LogP contribution is 2.50. The average molecular weight is 470 g/mol. The number of aryl methyl sites for hydroxylation is 3. The van der Waals surface area contributed by atoms with Crippen LogP contribution in [0.25, 0.3) is 0 Å². The predicted molar refractivity (Wildman–Crippen MR) is 141 cm³/mol. The highest BCUT2D eigenvalue weighted by atomic mass is 16.5. The summed E-state index contributed by atoms with van der Waals surface area (Å²) in [6.07, 6.45) is 0. The van der Waals surface area contributed by atoms with Crippen molar-refractivity contribution in [1.29, 1.82) is 0 Å². The third-order valence-electron chi connectivity index (χ3n) is 6.74. The van der Waals surface area contributed by atoms with E-state index in [0.717, 1.165) is 33.4 Å². The van der Waals surface area contributed by atoms with Crippen LogP contribution in [0.3, 0.4) is 0 Å². The second-order valence-electron chi connectivity index (χ2n) is 9.04. The van der Waals surface area contributed by atoms with E-state index in [4.69, 9.17) is 4.74 Å². The fourth-order valence-electron chi connectivity index (χ4n) is 4.25. The van der Waals surface area contributed by atoms with E-state index < -0.39 is 0 Å². The van der Waals surface area contributed by atoms with E-state index in [1.165, 1.54) is 0 Å². The second kappa shape index (κ2) is 9.26. The van der Waals surface area contributed by atoms with Gasteiger partial charge in [0, 0.05) is 6.07 Å². The highest BCUT2D eigenvalue weighted by molar-refractivity contribution is 5.89. The summed E-state index contributed by atoms with van der Waals surface area (Å²) in [6, 6.07) is 17.9. The molecule has 0 heterocycles. The molecule has 0 fully saturated rings. The van der Waals surface area contributed by atoms with Gasteiger partial charge in [0.05, 0.1) is 17.1 Å². The largest absolute Gasteiger partial charge is 0.508 e. The van der Waals surface area contributed by atoms with Crippen molar-refractivity contribution in [1.82, 2.24) is 0 Å². The lowest BCUT2D eigenvalue weighted by atomic mass is 10.0. The van der Waals surface area contributed by atoms with Crippen molar-refractivity contribution in [2.24, 2.45) is 0 Å². The minimum Gasteiger partial charge on any atom is -0.508 e. The van der Waals surface area contributed by atoms with Gasteiger partial charge < -0.3 is 20.1 Å². The molecule has 0 atom stereocenters. The van der Waals surface area contributed by atoms with E-state index in [1.54, 1.807) is 24.3 Å². The fourth-order valence-corrected chi connectivity index (χ4v) is 4.25. The summed E-state index contributed by atoms with van der Waals surface area (Å²) in [5.74, 6) is 1.35. The van der Waals surface area contributed by atoms with Crippen molar-refractivity contribution in [2.75, 3.05) is 4.90 Å². The maximum absolute atomic E-state index is 11.1. The van der Waals surface area contributed by atoms with Crippen LogP contribution in [-0.2, 0) is 0 Å². The number of phenolic OH excluding ortho intramolecular Hbond substituents is 3. The van der Waals surface area contributed by atoms with Crippen molar-refractivity contribution in [2.45, 2.75) is 41.5 Å². The Morgan fingerprint density at radius 2 is 1.11 bits per heavy atom. The number of rotatable bonds is 5. The van der Waals surface area contributed by atoms with Gasteiger partial charge in [0.2, 0.25) is 0 Å². The van der Waals surface area contributed by atoms with Crippen molar-refractivity contribution < 1.29 is 20.1 Å². The first-order chi connectivity index (χ1) is 16.6. The summed E-state index contributed by atoms with van der Waals surface area (Å²) in [7, 11) is 0. The smallest absolute Gasteiger partial charge is 0.151 e. The van der Waals surface area contributed by atoms with Gasteiger partial charge in [-0.3, -0.25) is 4.90 Å². The molecule has 5 heteroatoms. The number of aromatic hydroxyl groups is 3. The van der Waals surface area contributed by atoms with Crippen LogP contribution in [-0.4, -0.2) is 15.3 Å². The second-order valence-corrected chi connectivity index (χ2v) is 9.04. The Morgan fingerprint density at radius 3 is 1.69 bits per heavy atom. The number of hydrogen-bond acceptors (Lipinski definition) is 5. The zero-order valence-corrected chi connectivity index (χ0v) is 21.0. The molecule has 3 N–H and O–H groups in total. The molecule has 180 valence electrons. The molecule has 0 unspecified atom stereocenters. The normalized spacial score (nSPS) is 10.9. The van der Waals surface area contributed by atoms with Crippen LogP contribution in [0.4, 0.5) is 17.1 Å². The minimum absolute atomic E-state index is 0.0904. The molecule has 4 aromatic carbocycles. The number of para-hydroxylation sites is 2. The SMILES string of the molecule is Cc1cc(O)cc(Oc2ccccc2N(c2c(O)ccc(C)c2C)c2c(O)ccc(C)c2C)c1C. The maximum Gasteiger partial charge on any atom is 0.151 e. The molecule has 0 bridgehead atoms. The lowest BCUT2D eigenvalue weighted by molar-refractivity contribution is 0.452. The van der Waals surface area contributed by atoms with Gasteiger partial charge in [0.1, 0.15) is 23.0 Å². The van der Waals surface area contributed by atoms with Crippen molar-refractivity contribution >= 4 is 17.1 Å². The molecule has 0 radical (unpaired) electrons. The van der Waals surface area contributed by atoms with Crippen LogP contribution in [0, 0.1) is 41.5 Å². The molecule has 0 aliphatic heterocycles. The molecule has 4 rings (SSSR count). The summed E-state index contributed by atoms with van der Waals surface area (Å²) < 4.78 is 6.38. The monoisotopic (exact) mass is 469 g/mol. The number of hydrogen-bond donors (Lipinski definition) is 3. The van der Waals surface area contributed by atoms with E-state index in [2.05, 4.69) is 0 Å². The first-order valence-electron chi connectivity index (χ1n) is 11.6. The summed E-state index contributed by atoms with van der Waals surface area (Å²) >= 11 is 0. The average Bonchev–Trinajstić information content (AvgIpc) is 2.82. The summed E-state index contributed by atoms with van der Waals surface area (Å²) in [4.78, 5) is 1.86. The molecule has 0 amide bonds. The summed E-state index contributed by atoms with van der Waals surface area (Å²) in [5.41, 5.74) is 7.36. The number of nitrogens with zero attached hydrogens (tertiary/aromatic N) is 1. The summed E-state index contributed by atoms with van der Waals surface area (Å²) in [5, 5.41) is 32.3. The maximum atomic E-state index is 11.1. The quantitative estimate of drug-likeness (QED) is 0.277. The van der Waals surface area contributed by atoms with Gasteiger partial charge in [-0.2, -0.15) is 0 Å². The van der Waals surface area contributed by atoms with E-state index >= 15 is 0 Å². The van der Waals surface area contributed by atoms with Gasteiger partial charge in [0.15, 0.2) is 5.75 Å². The number of benzene rings is 4. The number of ether oxygens (including phenoxy) is 1. The Morgan fingerprint density at radius 1 is 0.571 bits per heavy atom. The van der Waals surface area contributed by atoms with Crippen molar-refractivity contribution in [3.63, 3.8) is 0 Å². The Balaban J connectivity index is 2.02. The van der Waals surface area contributed by atoms with Crippen molar-refractivity contribution in [3.8, 4) is 28.7 Å². The fraction of sp³-hybridized carbons (Fsp3) is 0.200. The van der Waals surface area contributed by atoms with Gasteiger partial charge in [-0.25, -0.2) is 0 Å². The predicted octanol–water partition coefficient (Wildman–Crippen LogP) is 7.92. The molecular formula is C30H31NO4. The first-order valence-corrected chi connectivity index (χ1v) is 11.6. The number of anilines is 3. The van der Waals surface area contributed by atoms with E-state index in [1.807, 2.05) is 82.8 Å². The van der Waals surface area contributed by atoms with E-state index in [-0.39, 0.29) is 17.2 Å². The zero-order valence-electron chi connectivity index (χ0n) is 21.0.